The number of aromatic nitrogens is 3. The van der Waals surface area contributed by atoms with Crippen molar-refractivity contribution in [3.63, 3.8) is 0 Å². The Hall–Kier alpha value is -2.21. The fourth-order valence-corrected chi connectivity index (χ4v) is 3.97. The van der Waals surface area contributed by atoms with Crippen LogP contribution in [0.15, 0.2) is 24.4 Å². The van der Waals surface area contributed by atoms with E-state index in [0.717, 1.165) is 44.7 Å². The molecule has 2 aliphatic rings. The third-order valence-electron chi connectivity index (χ3n) is 5.42. The number of aryl methyl sites for hydroxylation is 2. The van der Waals surface area contributed by atoms with E-state index in [0.29, 0.717) is 0 Å². The predicted octanol–water partition coefficient (Wildman–Crippen LogP) is 2.11. The first kappa shape index (κ1) is 16.3. The molecule has 0 spiro atoms. The lowest BCUT2D eigenvalue weighted by Crippen LogP contribution is -2.35. The van der Waals surface area contributed by atoms with E-state index in [2.05, 4.69) is 33.4 Å². The summed E-state index contributed by atoms with van der Waals surface area (Å²) in [5, 5.41) is 17.6. The summed E-state index contributed by atoms with van der Waals surface area (Å²) in [6.07, 6.45) is 7.12. The third kappa shape index (κ3) is 3.74. The van der Waals surface area contributed by atoms with Crippen molar-refractivity contribution in [3.8, 4) is 0 Å². The molecule has 1 aromatic carbocycles. The van der Waals surface area contributed by atoms with E-state index in [4.69, 9.17) is 5.11 Å². The van der Waals surface area contributed by atoms with Crippen LogP contribution in [0.25, 0.3) is 0 Å². The number of hydrogen-bond donors (Lipinski definition) is 1. The Balaban J connectivity index is 1.34. The van der Waals surface area contributed by atoms with Crippen LogP contribution < -0.4 is 0 Å². The molecule has 4 rings (SSSR count). The Morgan fingerprint density at radius 3 is 2.76 bits per heavy atom. The van der Waals surface area contributed by atoms with Crippen molar-refractivity contribution < 1.29 is 9.90 Å². The number of nitrogens with zero attached hydrogens (tertiary/aromatic N) is 4. The minimum absolute atomic E-state index is 0.188. The van der Waals surface area contributed by atoms with E-state index in [-0.39, 0.29) is 5.92 Å². The highest BCUT2D eigenvalue weighted by atomic mass is 16.4. The van der Waals surface area contributed by atoms with E-state index >= 15 is 0 Å². The maximum absolute atomic E-state index is 11.0. The monoisotopic (exact) mass is 340 g/mol. The van der Waals surface area contributed by atoms with E-state index in [1.54, 1.807) is 0 Å². The quantitative estimate of drug-likeness (QED) is 0.903. The van der Waals surface area contributed by atoms with Gasteiger partial charge in [-0.2, -0.15) is 0 Å². The molecule has 1 aliphatic heterocycles. The van der Waals surface area contributed by atoms with Gasteiger partial charge in [-0.15, -0.1) is 5.10 Å². The fraction of sp³-hybridized carbons (Fsp3) is 0.526. The fourth-order valence-electron chi connectivity index (χ4n) is 3.97. The van der Waals surface area contributed by atoms with Crippen LogP contribution in [-0.4, -0.2) is 44.1 Å². The molecule has 0 radical (unpaired) electrons. The van der Waals surface area contributed by atoms with Gasteiger partial charge < -0.3 is 5.11 Å². The summed E-state index contributed by atoms with van der Waals surface area (Å²) in [5.41, 5.74) is 5.21. The minimum Gasteiger partial charge on any atom is -0.481 e. The molecular formula is C19H24N4O2. The van der Waals surface area contributed by atoms with Gasteiger partial charge in [-0.1, -0.05) is 23.4 Å². The van der Waals surface area contributed by atoms with Gasteiger partial charge in [0.1, 0.15) is 0 Å². The molecular weight excluding hydrogens is 316 g/mol. The molecule has 1 fully saturated rings. The summed E-state index contributed by atoms with van der Waals surface area (Å²) >= 11 is 0. The second kappa shape index (κ2) is 6.96. The molecule has 2 heterocycles. The van der Waals surface area contributed by atoms with Crippen molar-refractivity contribution in [1.29, 1.82) is 0 Å². The standard InChI is InChI=1S/C19H24N4O2/c24-19(25)16-6-8-22(9-7-16)12-18-13-23(21-20-18)11-14-4-5-15-2-1-3-17(15)10-14/h4-5,10,13,16H,1-3,6-9,11-12H2,(H,24,25). The van der Waals surface area contributed by atoms with E-state index < -0.39 is 5.97 Å². The maximum atomic E-state index is 11.0. The number of rotatable bonds is 5. The predicted molar refractivity (Wildman–Crippen MR) is 93.2 cm³/mol. The van der Waals surface area contributed by atoms with Crippen molar-refractivity contribution in [3.05, 3.63) is 46.8 Å². The lowest BCUT2D eigenvalue weighted by atomic mass is 9.97. The average molecular weight is 340 g/mol. The number of likely N-dealkylation sites (tertiary alicyclic amines) is 1. The average Bonchev–Trinajstić information content (AvgIpc) is 3.24. The number of piperidine rings is 1. The number of benzene rings is 1. The second-order valence-electron chi connectivity index (χ2n) is 7.25. The Morgan fingerprint density at radius 1 is 1.16 bits per heavy atom. The van der Waals surface area contributed by atoms with Crippen LogP contribution in [0.2, 0.25) is 0 Å². The summed E-state index contributed by atoms with van der Waals surface area (Å²) in [6.45, 7) is 3.13. The van der Waals surface area contributed by atoms with Gasteiger partial charge in [0.15, 0.2) is 0 Å². The van der Waals surface area contributed by atoms with Crippen molar-refractivity contribution in [2.45, 2.75) is 45.2 Å². The number of fused-ring (bicyclic) bond motifs is 1. The molecule has 1 N–H and O–H groups in total. The van der Waals surface area contributed by atoms with E-state index in [1.165, 1.54) is 36.0 Å². The molecule has 25 heavy (non-hydrogen) atoms. The maximum Gasteiger partial charge on any atom is 0.306 e. The summed E-state index contributed by atoms with van der Waals surface area (Å²) < 4.78 is 1.90. The van der Waals surface area contributed by atoms with Crippen molar-refractivity contribution in [2.24, 2.45) is 5.92 Å². The van der Waals surface area contributed by atoms with Crippen LogP contribution in [0.4, 0.5) is 0 Å². The van der Waals surface area contributed by atoms with Gasteiger partial charge in [0.05, 0.1) is 24.4 Å². The van der Waals surface area contributed by atoms with Crippen LogP contribution >= 0.6 is 0 Å². The first-order chi connectivity index (χ1) is 12.2. The van der Waals surface area contributed by atoms with E-state index in [1.807, 2.05) is 10.9 Å². The minimum atomic E-state index is -0.667. The molecule has 6 heteroatoms. The van der Waals surface area contributed by atoms with Crippen LogP contribution in [0.1, 0.15) is 41.6 Å². The van der Waals surface area contributed by atoms with Gasteiger partial charge >= 0.3 is 5.97 Å². The van der Waals surface area contributed by atoms with Crippen LogP contribution in [0, 0.1) is 5.92 Å². The van der Waals surface area contributed by atoms with Crippen LogP contribution in [0.3, 0.4) is 0 Å². The highest BCUT2D eigenvalue weighted by Gasteiger charge is 2.24. The second-order valence-corrected chi connectivity index (χ2v) is 7.25. The Kier molecular flexibility index (Phi) is 4.53. The Bertz CT molecular complexity index is 763. The lowest BCUT2D eigenvalue weighted by molar-refractivity contribution is -0.143. The first-order valence-electron chi connectivity index (χ1n) is 9.12. The molecule has 1 saturated heterocycles. The molecule has 0 unspecified atom stereocenters. The Labute approximate surface area is 147 Å². The van der Waals surface area contributed by atoms with Crippen LogP contribution in [0.5, 0.6) is 0 Å². The summed E-state index contributed by atoms with van der Waals surface area (Å²) in [5.74, 6) is -0.855. The largest absolute Gasteiger partial charge is 0.481 e. The van der Waals surface area contributed by atoms with Gasteiger partial charge in [-0.25, -0.2) is 4.68 Å². The molecule has 0 bridgehead atoms. The van der Waals surface area contributed by atoms with Gasteiger partial charge in [0.2, 0.25) is 0 Å². The molecule has 0 amide bonds. The zero-order chi connectivity index (χ0) is 17.2. The number of carboxylic acid groups (broad SMARTS) is 1. The van der Waals surface area contributed by atoms with Gasteiger partial charge in [0, 0.05) is 6.54 Å². The summed E-state index contributed by atoms with van der Waals surface area (Å²) in [6, 6.07) is 6.75. The molecule has 2 aromatic rings. The molecule has 1 aliphatic carbocycles. The number of carboxylic acids is 1. The van der Waals surface area contributed by atoms with Crippen molar-refractivity contribution in [1.82, 2.24) is 19.9 Å². The topological polar surface area (TPSA) is 71.2 Å². The lowest BCUT2D eigenvalue weighted by Gasteiger charge is -2.29. The highest BCUT2D eigenvalue weighted by Crippen LogP contribution is 2.23. The zero-order valence-electron chi connectivity index (χ0n) is 14.4. The smallest absolute Gasteiger partial charge is 0.306 e. The molecule has 132 valence electrons. The first-order valence-corrected chi connectivity index (χ1v) is 9.12. The zero-order valence-corrected chi connectivity index (χ0v) is 14.4. The highest BCUT2D eigenvalue weighted by molar-refractivity contribution is 5.70. The van der Waals surface area contributed by atoms with Gasteiger partial charge in [-0.05, 0) is 61.9 Å². The van der Waals surface area contributed by atoms with Gasteiger partial charge in [-0.3, -0.25) is 9.69 Å². The van der Waals surface area contributed by atoms with Crippen molar-refractivity contribution in [2.75, 3.05) is 13.1 Å². The third-order valence-corrected chi connectivity index (χ3v) is 5.42. The van der Waals surface area contributed by atoms with E-state index in [9.17, 15) is 4.79 Å². The Morgan fingerprint density at radius 2 is 1.96 bits per heavy atom. The SMILES string of the molecule is O=C(O)C1CCN(Cc2cn(Cc3ccc4c(c3)CCC4)nn2)CC1. The number of hydrogen-bond acceptors (Lipinski definition) is 4. The molecule has 1 aromatic heterocycles. The normalized spacial score (nSPS) is 18.4. The number of carbonyl (C=O) groups is 1. The summed E-state index contributed by atoms with van der Waals surface area (Å²) in [7, 11) is 0. The van der Waals surface area contributed by atoms with Crippen molar-refractivity contribution >= 4 is 5.97 Å². The summed E-state index contributed by atoms with van der Waals surface area (Å²) in [4.78, 5) is 13.3. The van der Waals surface area contributed by atoms with Gasteiger partial charge in [0.25, 0.3) is 0 Å². The van der Waals surface area contributed by atoms with Crippen LogP contribution in [-0.2, 0) is 30.7 Å². The number of aliphatic carboxylic acids is 1. The molecule has 0 atom stereocenters. The molecule has 6 nitrogen and oxygen atoms in total. The molecule has 0 saturated carbocycles.